The Morgan fingerprint density at radius 1 is 1.02 bits per heavy atom. The molecule has 0 heterocycles. The van der Waals surface area contributed by atoms with Crippen LogP contribution in [0.2, 0.25) is 0 Å². The number of ether oxygens (including phenoxy) is 1. The van der Waals surface area contributed by atoms with E-state index in [0.29, 0.717) is 11.1 Å². The number of nitrogens with zero attached hydrogens (tertiary/aromatic N) is 1. The van der Waals surface area contributed by atoms with E-state index < -0.39 is 52.6 Å². The summed E-state index contributed by atoms with van der Waals surface area (Å²) in [7, 11) is 3.17. The number of alkyl halides is 3. The molecule has 0 aromatic heterocycles. The minimum absolute atomic E-state index is 0.0560. The van der Waals surface area contributed by atoms with Crippen molar-refractivity contribution in [2.45, 2.75) is 92.0 Å². The van der Waals surface area contributed by atoms with Crippen molar-refractivity contribution in [3.05, 3.63) is 47.0 Å². The molecule has 0 aliphatic rings. The lowest BCUT2D eigenvalue weighted by molar-refractivity contribution is -0.141. The lowest BCUT2D eigenvalue weighted by Crippen LogP contribution is -2.61. The molecular weight excluding hydrogens is 523 g/mol. The topological polar surface area (TPSA) is 87.7 Å². The lowest BCUT2D eigenvalue weighted by atomic mass is 9.76. The lowest BCUT2D eigenvalue weighted by Gasteiger charge is -2.40. The van der Waals surface area contributed by atoms with Crippen molar-refractivity contribution in [1.29, 1.82) is 0 Å². The van der Waals surface area contributed by atoms with E-state index in [2.05, 4.69) is 10.6 Å². The molecule has 40 heavy (non-hydrogen) atoms. The normalized spacial score (nSPS) is 15.3. The molecule has 0 radical (unpaired) electrons. The number of likely N-dealkylation sites (N-methyl/N-ethyl adjacent to an activating group) is 2. The van der Waals surface area contributed by atoms with Crippen LogP contribution in [0.25, 0.3) is 0 Å². The molecule has 7 nitrogen and oxygen atoms in total. The van der Waals surface area contributed by atoms with Gasteiger partial charge in [0.1, 0.15) is 6.04 Å². The third-order valence-corrected chi connectivity index (χ3v) is 7.10. The van der Waals surface area contributed by atoms with Gasteiger partial charge in [-0.1, -0.05) is 72.7 Å². The largest absolute Gasteiger partial charge is 0.463 e. The van der Waals surface area contributed by atoms with Gasteiger partial charge in [-0.25, -0.2) is 4.79 Å². The van der Waals surface area contributed by atoms with Crippen LogP contribution in [-0.4, -0.2) is 61.5 Å². The monoisotopic (exact) mass is 569 g/mol. The number of rotatable bonds is 11. The van der Waals surface area contributed by atoms with Gasteiger partial charge in [0, 0.05) is 18.0 Å². The quantitative estimate of drug-likeness (QED) is 0.286. The first-order chi connectivity index (χ1) is 18.2. The van der Waals surface area contributed by atoms with E-state index in [-0.39, 0.29) is 18.4 Å². The molecule has 3 atom stereocenters. The van der Waals surface area contributed by atoms with E-state index in [0.717, 1.165) is 12.1 Å². The molecule has 0 aliphatic heterocycles. The van der Waals surface area contributed by atoms with Gasteiger partial charge in [0.15, 0.2) is 0 Å². The number of halogens is 3. The summed E-state index contributed by atoms with van der Waals surface area (Å²) >= 11 is 0. The fourth-order valence-corrected chi connectivity index (χ4v) is 4.63. The molecule has 0 bridgehead atoms. The summed E-state index contributed by atoms with van der Waals surface area (Å²) in [6, 6.07) is 2.53. The van der Waals surface area contributed by atoms with E-state index in [1.165, 1.54) is 11.0 Å². The summed E-state index contributed by atoms with van der Waals surface area (Å²) < 4.78 is 45.2. The van der Waals surface area contributed by atoms with Crippen LogP contribution in [0.5, 0.6) is 0 Å². The summed E-state index contributed by atoms with van der Waals surface area (Å²) in [5.41, 5.74) is -1.87. The third-order valence-electron chi connectivity index (χ3n) is 7.10. The maximum absolute atomic E-state index is 13.9. The molecule has 1 rings (SSSR count). The maximum Gasteiger partial charge on any atom is 0.416 e. The predicted octanol–water partition coefficient (Wildman–Crippen LogP) is 5.09. The molecule has 0 fully saturated rings. The van der Waals surface area contributed by atoms with Crippen molar-refractivity contribution in [1.82, 2.24) is 15.5 Å². The first-order valence-corrected chi connectivity index (χ1v) is 13.5. The second kappa shape index (κ2) is 13.7. The van der Waals surface area contributed by atoms with Crippen LogP contribution >= 0.6 is 0 Å². The van der Waals surface area contributed by atoms with Gasteiger partial charge in [0.25, 0.3) is 0 Å². The summed E-state index contributed by atoms with van der Waals surface area (Å²) in [5, 5.41) is 5.81. The van der Waals surface area contributed by atoms with Gasteiger partial charge in [-0.3, -0.25) is 9.59 Å². The first-order valence-electron chi connectivity index (χ1n) is 13.5. The van der Waals surface area contributed by atoms with E-state index in [9.17, 15) is 27.6 Å². The fourth-order valence-electron chi connectivity index (χ4n) is 4.63. The zero-order chi connectivity index (χ0) is 31.2. The van der Waals surface area contributed by atoms with Gasteiger partial charge in [-0.2, -0.15) is 13.2 Å². The number of benzene rings is 1. The van der Waals surface area contributed by atoms with Gasteiger partial charge in [0.05, 0.1) is 24.3 Å². The molecule has 0 saturated carbocycles. The van der Waals surface area contributed by atoms with Crippen LogP contribution in [-0.2, 0) is 30.7 Å². The Hall–Kier alpha value is -2.88. The van der Waals surface area contributed by atoms with Crippen LogP contribution in [0.1, 0.15) is 73.4 Å². The predicted molar refractivity (Wildman–Crippen MR) is 150 cm³/mol. The van der Waals surface area contributed by atoms with Gasteiger partial charge in [0.2, 0.25) is 11.8 Å². The highest BCUT2D eigenvalue weighted by Gasteiger charge is 2.42. The smallest absolute Gasteiger partial charge is 0.416 e. The zero-order valence-corrected chi connectivity index (χ0v) is 25.6. The Morgan fingerprint density at radius 2 is 1.57 bits per heavy atom. The van der Waals surface area contributed by atoms with Crippen molar-refractivity contribution < 1.29 is 32.3 Å². The molecule has 2 N–H and O–H groups in total. The third kappa shape index (κ3) is 8.81. The average molecular weight is 570 g/mol. The van der Waals surface area contributed by atoms with Crippen LogP contribution in [0.4, 0.5) is 13.2 Å². The molecule has 0 spiro atoms. The van der Waals surface area contributed by atoms with Crippen molar-refractivity contribution in [2.24, 2.45) is 11.3 Å². The number of hydrogen-bond donors (Lipinski definition) is 2. The first kappa shape index (κ1) is 35.1. The van der Waals surface area contributed by atoms with Gasteiger partial charge in [-0.05, 0) is 43.9 Å². The molecule has 0 aliphatic carbocycles. The summed E-state index contributed by atoms with van der Waals surface area (Å²) in [5.74, 6) is -1.41. The highest BCUT2D eigenvalue weighted by atomic mass is 19.4. The minimum atomic E-state index is -4.52. The zero-order valence-electron chi connectivity index (χ0n) is 25.6. The summed E-state index contributed by atoms with van der Waals surface area (Å²) in [6.07, 6.45) is -2.83. The molecule has 226 valence electrons. The minimum Gasteiger partial charge on any atom is -0.463 e. The number of esters is 1. The standard InChI is InChI=1S/C30H46F3N3O4/c1-12-40-27(39)19(4)16-22(18(2)3)36(11)26(38)24(28(5,6)7)35-25(37)23(34-10)29(8,9)20-14-13-15-21(17-20)30(31,32)33/h13-18,22-24,34H,12H2,1-11H3,(H,35,37)/b19-16+/t22-,23+,24-/m1/s1. The number of hydrogen-bond acceptors (Lipinski definition) is 5. The number of nitrogens with one attached hydrogen (secondary N) is 2. The van der Waals surface area contributed by atoms with E-state index in [1.807, 2.05) is 34.6 Å². The number of carbonyl (C=O) groups is 3. The average Bonchev–Trinajstić information content (AvgIpc) is 2.83. The van der Waals surface area contributed by atoms with Crippen molar-refractivity contribution in [2.75, 3.05) is 20.7 Å². The fraction of sp³-hybridized carbons (Fsp3) is 0.633. The second-order valence-corrected chi connectivity index (χ2v) is 12.1. The van der Waals surface area contributed by atoms with Crippen LogP contribution in [0, 0.1) is 11.3 Å². The molecule has 1 aromatic rings. The maximum atomic E-state index is 13.9. The Labute approximate surface area is 236 Å². The summed E-state index contributed by atoms with van der Waals surface area (Å²) in [4.78, 5) is 41.2. The van der Waals surface area contributed by atoms with Crippen molar-refractivity contribution in [3.63, 3.8) is 0 Å². The Bertz CT molecular complexity index is 1070. The Kier molecular flexibility index (Phi) is 12.0. The van der Waals surface area contributed by atoms with E-state index in [1.54, 1.807) is 53.9 Å². The molecule has 10 heteroatoms. The Balaban J connectivity index is 3.38. The number of carbonyl (C=O) groups excluding carboxylic acids is 3. The molecule has 2 amide bonds. The molecule has 1 aromatic carbocycles. The SMILES string of the molecule is CCOC(=O)/C(C)=C/[C@H](C(C)C)N(C)C(=O)[C@@H](NC(=O)[C@H](NC)C(C)(C)c1cccc(C(F)(F)F)c1)C(C)(C)C. The van der Waals surface area contributed by atoms with E-state index in [4.69, 9.17) is 4.74 Å². The van der Waals surface area contributed by atoms with Gasteiger partial charge in [-0.15, -0.1) is 0 Å². The van der Waals surface area contributed by atoms with Gasteiger partial charge < -0.3 is 20.3 Å². The summed E-state index contributed by atoms with van der Waals surface area (Å²) in [6.45, 7) is 16.2. The second-order valence-electron chi connectivity index (χ2n) is 12.1. The van der Waals surface area contributed by atoms with Crippen LogP contribution in [0.15, 0.2) is 35.9 Å². The number of amides is 2. The molecular formula is C30H46F3N3O4. The van der Waals surface area contributed by atoms with Gasteiger partial charge >= 0.3 is 12.1 Å². The van der Waals surface area contributed by atoms with Crippen molar-refractivity contribution >= 4 is 17.8 Å². The van der Waals surface area contributed by atoms with E-state index >= 15 is 0 Å². The molecule has 0 unspecified atom stereocenters. The van der Waals surface area contributed by atoms with Crippen molar-refractivity contribution in [3.8, 4) is 0 Å². The van der Waals surface area contributed by atoms with Crippen LogP contribution < -0.4 is 10.6 Å². The Morgan fingerprint density at radius 3 is 2.02 bits per heavy atom. The highest BCUT2D eigenvalue weighted by molar-refractivity contribution is 5.92. The molecule has 0 saturated heterocycles. The van der Waals surface area contributed by atoms with Crippen LogP contribution in [0.3, 0.4) is 0 Å². The highest BCUT2D eigenvalue weighted by Crippen LogP contribution is 2.34.